The Morgan fingerprint density at radius 2 is 2.07 bits per heavy atom. The van der Waals surface area contributed by atoms with Crippen molar-refractivity contribution in [1.82, 2.24) is 20.7 Å². The number of rotatable bonds is 8. The molecule has 1 fully saturated rings. The molecule has 0 bridgehead atoms. The Morgan fingerprint density at radius 1 is 1.32 bits per heavy atom. The quantitative estimate of drug-likeness (QED) is 0.509. The molecule has 1 saturated heterocycles. The molecule has 0 saturated carbocycles. The van der Waals surface area contributed by atoms with Crippen LogP contribution >= 0.6 is 0 Å². The highest BCUT2D eigenvalue weighted by atomic mass is 16.2. The Hall–Kier alpha value is -2.87. The number of carbonyl (C=O) groups excluding carboxylic acids is 3. The Labute approximate surface area is 163 Å². The summed E-state index contributed by atoms with van der Waals surface area (Å²) < 4.78 is 1.72. The molecular formula is C20H27N5O3. The zero-order valence-electron chi connectivity index (χ0n) is 16.2. The molecule has 2 aromatic rings. The van der Waals surface area contributed by atoms with Gasteiger partial charge in [0, 0.05) is 24.0 Å². The third kappa shape index (κ3) is 4.17. The van der Waals surface area contributed by atoms with E-state index in [1.807, 2.05) is 38.1 Å². The molecule has 2 atom stereocenters. The van der Waals surface area contributed by atoms with Crippen molar-refractivity contribution in [2.75, 3.05) is 13.1 Å². The standard InChI is InChI=1S/C20H27N5O3/c1-12(2)9-17(20(28)24-23-11-14-7-8-22-19(14)27)25-15-6-4-3-5-13(15)10-16(25)18(21)26/h3-6,10,12,14,17,23H,7-9,11H2,1-2H3,(H2,21,26)(H,22,27)(H,24,28)/t14?,17-/m0/s1. The van der Waals surface area contributed by atoms with Crippen molar-refractivity contribution in [2.45, 2.75) is 32.7 Å². The van der Waals surface area contributed by atoms with Crippen molar-refractivity contribution in [3.05, 3.63) is 36.0 Å². The van der Waals surface area contributed by atoms with Gasteiger partial charge in [0.1, 0.15) is 11.7 Å². The molecule has 3 amide bonds. The number of fused-ring (bicyclic) bond motifs is 1. The van der Waals surface area contributed by atoms with E-state index >= 15 is 0 Å². The Bertz CT molecular complexity index is 889. The van der Waals surface area contributed by atoms with Crippen LogP contribution in [0.2, 0.25) is 0 Å². The smallest absolute Gasteiger partial charge is 0.265 e. The highest BCUT2D eigenvalue weighted by Gasteiger charge is 2.28. The van der Waals surface area contributed by atoms with Crippen molar-refractivity contribution in [3.8, 4) is 0 Å². The summed E-state index contributed by atoms with van der Waals surface area (Å²) in [5.74, 6) is -0.784. The van der Waals surface area contributed by atoms with Gasteiger partial charge < -0.3 is 15.6 Å². The van der Waals surface area contributed by atoms with Crippen molar-refractivity contribution < 1.29 is 14.4 Å². The van der Waals surface area contributed by atoms with E-state index < -0.39 is 11.9 Å². The van der Waals surface area contributed by atoms with Crippen LogP contribution in [0.1, 0.15) is 43.2 Å². The molecule has 2 heterocycles. The maximum absolute atomic E-state index is 13.0. The number of primary amides is 1. The lowest BCUT2D eigenvalue weighted by Gasteiger charge is -2.23. The second kappa shape index (κ2) is 8.43. The van der Waals surface area contributed by atoms with Crippen LogP contribution in [0.3, 0.4) is 0 Å². The zero-order chi connectivity index (χ0) is 20.3. The van der Waals surface area contributed by atoms with Crippen LogP contribution in [0.15, 0.2) is 30.3 Å². The first-order valence-corrected chi connectivity index (χ1v) is 9.58. The van der Waals surface area contributed by atoms with Gasteiger partial charge in [0.05, 0.1) is 5.92 Å². The monoisotopic (exact) mass is 385 g/mol. The molecule has 8 heteroatoms. The summed E-state index contributed by atoms with van der Waals surface area (Å²) in [6.07, 6.45) is 1.28. The average Bonchev–Trinajstić information content (AvgIpc) is 3.23. The van der Waals surface area contributed by atoms with Gasteiger partial charge in [-0.3, -0.25) is 19.8 Å². The lowest BCUT2D eigenvalue weighted by molar-refractivity contribution is -0.127. The van der Waals surface area contributed by atoms with Crippen LogP contribution in [0, 0.1) is 11.8 Å². The summed E-state index contributed by atoms with van der Waals surface area (Å²) in [5, 5.41) is 3.63. The van der Waals surface area contributed by atoms with Crippen LogP contribution in [-0.2, 0) is 9.59 Å². The summed E-state index contributed by atoms with van der Waals surface area (Å²) >= 11 is 0. The Morgan fingerprint density at radius 3 is 2.71 bits per heavy atom. The topological polar surface area (TPSA) is 118 Å². The number of amides is 3. The maximum atomic E-state index is 13.0. The molecule has 150 valence electrons. The SMILES string of the molecule is CC(C)C[C@@H](C(=O)NNCC1CCNC1=O)n1c(C(N)=O)cc2ccccc21. The summed E-state index contributed by atoms with van der Waals surface area (Å²) in [6, 6.07) is 8.62. The van der Waals surface area contributed by atoms with Crippen LogP contribution in [0.5, 0.6) is 0 Å². The van der Waals surface area contributed by atoms with E-state index in [0.29, 0.717) is 25.2 Å². The second-order valence-corrected chi connectivity index (χ2v) is 7.61. The van der Waals surface area contributed by atoms with E-state index in [0.717, 1.165) is 17.3 Å². The molecule has 5 N–H and O–H groups in total. The predicted molar refractivity (Wildman–Crippen MR) is 106 cm³/mol. The molecule has 0 spiro atoms. The first-order chi connectivity index (χ1) is 13.4. The van der Waals surface area contributed by atoms with Crippen LogP contribution in [0.4, 0.5) is 0 Å². The van der Waals surface area contributed by atoms with Crippen LogP contribution in [-0.4, -0.2) is 35.4 Å². The largest absolute Gasteiger partial charge is 0.364 e. The lowest BCUT2D eigenvalue weighted by atomic mass is 10.0. The van der Waals surface area contributed by atoms with Crippen molar-refractivity contribution in [3.63, 3.8) is 0 Å². The minimum Gasteiger partial charge on any atom is -0.364 e. The zero-order valence-corrected chi connectivity index (χ0v) is 16.2. The van der Waals surface area contributed by atoms with Crippen LogP contribution < -0.4 is 21.9 Å². The first kappa shape index (κ1) is 19.9. The molecule has 1 aliphatic heterocycles. The molecule has 1 aliphatic rings. The number of benzene rings is 1. The van der Waals surface area contributed by atoms with E-state index in [2.05, 4.69) is 16.2 Å². The Balaban J connectivity index is 1.84. The molecule has 28 heavy (non-hydrogen) atoms. The number of hydrogen-bond acceptors (Lipinski definition) is 4. The number of para-hydroxylation sites is 1. The predicted octanol–water partition coefficient (Wildman–Crippen LogP) is 1.08. The molecule has 0 radical (unpaired) electrons. The molecule has 1 aromatic carbocycles. The maximum Gasteiger partial charge on any atom is 0.265 e. The van der Waals surface area contributed by atoms with Gasteiger partial charge in [-0.2, -0.15) is 0 Å². The number of carbonyl (C=O) groups is 3. The number of hydrogen-bond donors (Lipinski definition) is 4. The molecule has 1 aromatic heterocycles. The molecule has 0 aliphatic carbocycles. The summed E-state index contributed by atoms with van der Waals surface area (Å²) in [5.41, 5.74) is 12.3. The molecule has 8 nitrogen and oxygen atoms in total. The van der Waals surface area contributed by atoms with Gasteiger partial charge >= 0.3 is 0 Å². The minimum atomic E-state index is -0.604. The Kier molecular flexibility index (Phi) is 5.99. The highest BCUT2D eigenvalue weighted by Crippen LogP contribution is 2.28. The van der Waals surface area contributed by atoms with Crippen molar-refractivity contribution in [2.24, 2.45) is 17.6 Å². The van der Waals surface area contributed by atoms with Gasteiger partial charge in [0.25, 0.3) is 11.8 Å². The highest BCUT2D eigenvalue weighted by molar-refractivity contribution is 5.99. The number of aromatic nitrogens is 1. The van der Waals surface area contributed by atoms with E-state index in [1.54, 1.807) is 10.6 Å². The van der Waals surface area contributed by atoms with E-state index in [4.69, 9.17) is 5.73 Å². The summed E-state index contributed by atoms with van der Waals surface area (Å²) in [4.78, 5) is 36.7. The molecule has 3 rings (SSSR count). The van der Waals surface area contributed by atoms with Gasteiger partial charge in [-0.15, -0.1) is 0 Å². The van der Waals surface area contributed by atoms with E-state index in [1.165, 1.54) is 0 Å². The molecule has 1 unspecified atom stereocenters. The van der Waals surface area contributed by atoms with Gasteiger partial charge in [-0.05, 0) is 30.9 Å². The average molecular weight is 385 g/mol. The fourth-order valence-corrected chi connectivity index (χ4v) is 3.66. The van der Waals surface area contributed by atoms with Gasteiger partial charge in [-0.1, -0.05) is 32.0 Å². The fraction of sp³-hybridized carbons (Fsp3) is 0.450. The van der Waals surface area contributed by atoms with Crippen molar-refractivity contribution >= 4 is 28.6 Å². The van der Waals surface area contributed by atoms with Crippen LogP contribution in [0.25, 0.3) is 10.9 Å². The van der Waals surface area contributed by atoms with E-state index in [-0.39, 0.29) is 23.7 Å². The lowest BCUT2D eigenvalue weighted by Crippen LogP contribution is -2.45. The van der Waals surface area contributed by atoms with Gasteiger partial charge in [-0.25, -0.2) is 5.43 Å². The molecular weight excluding hydrogens is 358 g/mol. The second-order valence-electron chi connectivity index (χ2n) is 7.61. The van der Waals surface area contributed by atoms with E-state index in [9.17, 15) is 14.4 Å². The third-order valence-electron chi connectivity index (χ3n) is 5.03. The number of nitrogens with zero attached hydrogens (tertiary/aromatic N) is 1. The van der Waals surface area contributed by atoms with Gasteiger partial charge in [0.15, 0.2) is 0 Å². The normalized spacial score (nSPS) is 17.7. The number of nitrogens with two attached hydrogens (primary N) is 1. The number of hydrazine groups is 1. The third-order valence-corrected chi connectivity index (χ3v) is 5.03. The van der Waals surface area contributed by atoms with Gasteiger partial charge in [0.2, 0.25) is 5.91 Å². The minimum absolute atomic E-state index is 0.00658. The summed E-state index contributed by atoms with van der Waals surface area (Å²) in [7, 11) is 0. The van der Waals surface area contributed by atoms with Crippen molar-refractivity contribution in [1.29, 1.82) is 0 Å². The number of nitrogens with one attached hydrogen (secondary N) is 3. The summed E-state index contributed by atoms with van der Waals surface area (Å²) in [6.45, 7) is 5.06. The first-order valence-electron chi connectivity index (χ1n) is 9.58. The fourth-order valence-electron chi connectivity index (χ4n) is 3.66.